The van der Waals surface area contributed by atoms with Crippen LogP contribution in [0.15, 0.2) is 18.2 Å². The van der Waals surface area contributed by atoms with Crippen LogP contribution in [0.1, 0.15) is 18.9 Å². The van der Waals surface area contributed by atoms with E-state index in [0.717, 1.165) is 30.9 Å². The van der Waals surface area contributed by atoms with Crippen molar-refractivity contribution in [1.29, 1.82) is 5.26 Å². The van der Waals surface area contributed by atoms with Crippen LogP contribution < -0.4 is 15.4 Å². The zero-order valence-corrected chi connectivity index (χ0v) is 10.9. The van der Waals surface area contributed by atoms with Crippen molar-refractivity contribution in [2.75, 3.05) is 25.1 Å². The Kier molecular flexibility index (Phi) is 3.73. The van der Waals surface area contributed by atoms with Crippen LogP contribution in [-0.2, 0) is 0 Å². The Labute approximate surface area is 108 Å². The van der Waals surface area contributed by atoms with E-state index in [4.69, 9.17) is 10.5 Å². The van der Waals surface area contributed by atoms with E-state index in [1.807, 2.05) is 25.1 Å². The van der Waals surface area contributed by atoms with Crippen molar-refractivity contribution in [1.82, 2.24) is 0 Å². The Balaban J connectivity index is 2.25. The number of nitrogens with two attached hydrogens (primary N) is 1. The van der Waals surface area contributed by atoms with Gasteiger partial charge in [0.1, 0.15) is 11.8 Å². The van der Waals surface area contributed by atoms with E-state index in [2.05, 4.69) is 11.0 Å². The van der Waals surface area contributed by atoms with Crippen LogP contribution in [0, 0.1) is 17.2 Å². The predicted molar refractivity (Wildman–Crippen MR) is 71.7 cm³/mol. The molecular formula is C14H19N3O. The molecule has 2 atom stereocenters. The third-order valence-electron chi connectivity index (χ3n) is 3.63. The molecular weight excluding hydrogens is 226 g/mol. The van der Waals surface area contributed by atoms with Crippen molar-refractivity contribution in [3.63, 3.8) is 0 Å². The molecule has 0 amide bonds. The molecule has 0 saturated carbocycles. The molecule has 1 fully saturated rings. The number of hydrogen-bond donors (Lipinski definition) is 1. The first-order valence-electron chi connectivity index (χ1n) is 6.24. The van der Waals surface area contributed by atoms with Crippen molar-refractivity contribution in [2.45, 2.75) is 19.4 Å². The van der Waals surface area contributed by atoms with Gasteiger partial charge in [-0.1, -0.05) is 0 Å². The summed E-state index contributed by atoms with van der Waals surface area (Å²) in [6.07, 6.45) is 1.08. The molecule has 4 nitrogen and oxygen atoms in total. The van der Waals surface area contributed by atoms with Crippen LogP contribution in [0.3, 0.4) is 0 Å². The highest BCUT2D eigenvalue weighted by Crippen LogP contribution is 2.30. The summed E-state index contributed by atoms with van der Waals surface area (Å²) in [5, 5.41) is 9.18. The predicted octanol–water partition coefficient (Wildman–Crippen LogP) is 1.74. The summed E-state index contributed by atoms with van der Waals surface area (Å²) in [6, 6.07) is 8.01. The number of ether oxygens (including phenoxy) is 1. The van der Waals surface area contributed by atoms with Crippen LogP contribution >= 0.6 is 0 Å². The zero-order valence-electron chi connectivity index (χ0n) is 10.9. The Morgan fingerprint density at radius 3 is 2.89 bits per heavy atom. The molecule has 18 heavy (non-hydrogen) atoms. The molecule has 1 aromatic rings. The highest BCUT2D eigenvalue weighted by molar-refractivity contribution is 5.62. The topological polar surface area (TPSA) is 62.3 Å². The molecule has 0 radical (unpaired) electrons. The van der Waals surface area contributed by atoms with Crippen LogP contribution in [0.2, 0.25) is 0 Å². The normalized spacial score (nSPS) is 20.6. The molecule has 0 spiro atoms. The van der Waals surface area contributed by atoms with Gasteiger partial charge in [-0.2, -0.15) is 5.26 Å². The monoisotopic (exact) mass is 245 g/mol. The number of nitriles is 1. The Hall–Kier alpha value is -1.73. The number of hydrogen-bond acceptors (Lipinski definition) is 4. The summed E-state index contributed by atoms with van der Waals surface area (Å²) in [4.78, 5) is 2.23. The Morgan fingerprint density at radius 1 is 1.56 bits per heavy atom. The molecule has 1 aliphatic heterocycles. The van der Waals surface area contributed by atoms with Gasteiger partial charge in [-0.05, 0) is 31.4 Å². The largest absolute Gasteiger partial charge is 0.497 e. The van der Waals surface area contributed by atoms with Crippen LogP contribution in [-0.4, -0.2) is 26.2 Å². The molecule has 1 heterocycles. The van der Waals surface area contributed by atoms with E-state index < -0.39 is 0 Å². The summed E-state index contributed by atoms with van der Waals surface area (Å²) >= 11 is 0. The third kappa shape index (κ3) is 2.41. The summed E-state index contributed by atoms with van der Waals surface area (Å²) in [7, 11) is 1.64. The van der Waals surface area contributed by atoms with E-state index in [1.54, 1.807) is 7.11 Å². The van der Waals surface area contributed by atoms with Gasteiger partial charge in [0.25, 0.3) is 0 Å². The second-order valence-corrected chi connectivity index (χ2v) is 4.85. The number of methoxy groups -OCH3 is 1. The molecule has 1 saturated heterocycles. The van der Waals surface area contributed by atoms with Gasteiger partial charge in [0.15, 0.2) is 0 Å². The van der Waals surface area contributed by atoms with Crippen molar-refractivity contribution in [3.05, 3.63) is 23.8 Å². The first-order chi connectivity index (χ1) is 8.65. The number of benzene rings is 1. The highest BCUT2D eigenvalue weighted by Gasteiger charge is 2.26. The van der Waals surface area contributed by atoms with Crippen LogP contribution in [0.4, 0.5) is 5.69 Å². The van der Waals surface area contributed by atoms with Crippen molar-refractivity contribution in [3.8, 4) is 11.8 Å². The fourth-order valence-corrected chi connectivity index (χ4v) is 2.43. The smallest absolute Gasteiger partial charge is 0.121 e. The Morgan fingerprint density at radius 2 is 2.33 bits per heavy atom. The van der Waals surface area contributed by atoms with Crippen LogP contribution in [0.25, 0.3) is 0 Å². The summed E-state index contributed by atoms with van der Waals surface area (Å²) < 4.78 is 5.23. The fraction of sp³-hybridized carbons (Fsp3) is 0.500. The third-order valence-corrected chi connectivity index (χ3v) is 3.63. The molecule has 4 heteroatoms. The first-order valence-corrected chi connectivity index (χ1v) is 6.24. The minimum Gasteiger partial charge on any atom is -0.497 e. The summed E-state index contributed by atoms with van der Waals surface area (Å²) in [5.41, 5.74) is 7.60. The maximum absolute atomic E-state index is 9.18. The average molecular weight is 245 g/mol. The van der Waals surface area contributed by atoms with Crippen molar-refractivity contribution < 1.29 is 4.74 Å². The SMILES string of the molecule is COc1ccc(C#N)c(N2CCC(C(C)N)C2)c1. The van der Waals surface area contributed by atoms with Gasteiger partial charge in [-0.3, -0.25) is 0 Å². The minimum atomic E-state index is 0.200. The molecule has 96 valence electrons. The fourth-order valence-electron chi connectivity index (χ4n) is 2.43. The first kappa shape index (κ1) is 12.7. The number of rotatable bonds is 3. The number of anilines is 1. The minimum absolute atomic E-state index is 0.200. The van der Waals surface area contributed by atoms with Gasteiger partial charge >= 0.3 is 0 Å². The molecule has 1 aliphatic rings. The number of nitrogens with zero attached hydrogens (tertiary/aromatic N) is 2. The lowest BCUT2D eigenvalue weighted by atomic mass is 10.0. The van der Waals surface area contributed by atoms with E-state index in [0.29, 0.717) is 11.5 Å². The quantitative estimate of drug-likeness (QED) is 0.881. The lowest BCUT2D eigenvalue weighted by Gasteiger charge is -2.21. The van der Waals surface area contributed by atoms with Crippen molar-refractivity contribution >= 4 is 5.69 Å². The molecule has 1 aromatic carbocycles. The van der Waals surface area contributed by atoms with Gasteiger partial charge in [0, 0.05) is 25.2 Å². The van der Waals surface area contributed by atoms with Gasteiger partial charge in [-0.25, -0.2) is 0 Å². The van der Waals surface area contributed by atoms with Crippen molar-refractivity contribution in [2.24, 2.45) is 11.7 Å². The van der Waals surface area contributed by atoms with Gasteiger partial charge in [0.2, 0.25) is 0 Å². The van der Waals surface area contributed by atoms with E-state index in [9.17, 15) is 5.26 Å². The second kappa shape index (κ2) is 5.28. The summed E-state index contributed by atoms with van der Waals surface area (Å²) in [5.74, 6) is 1.29. The second-order valence-electron chi connectivity index (χ2n) is 4.85. The molecule has 0 bridgehead atoms. The molecule has 0 aromatic heterocycles. The van der Waals surface area contributed by atoms with Gasteiger partial charge < -0.3 is 15.4 Å². The molecule has 2 unspecified atom stereocenters. The van der Waals surface area contributed by atoms with E-state index >= 15 is 0 Å². The molecule has 0 aliphatic carbocycles. The lowest BCUT2D eigenvalue weighted by Crippen LogP contribution is -2.29. The van der Waals surface area contributed by atoms with E-state index in [1.165, 1.54) is 0 Å². The zero-order chi connectivity index (χ0) is 13.1. The highest BCUT2D eigenvalue weighted by atomic mass is 16.5. The molecule has 2 N–H and O–H groups in total. The summed E-state index contributed by atoms with van der Waals surface area (Å²) in [6.45, 7) is 3.92. The Bertz CT molecular complexity index is 465. The average Bonchev–Trinajstić information content (AvgIpc) is 2.87. The van der Waals surface area contributed by atoms with Crippen LogP contribution in [0.5, 0.6) is 5.75 Å². The van der Waals surface area contributed by atoms with Gasteiger partial charge in [0.05, 0.1) is 18.4 Å². The maximum Gasteiger partial charge on any atom is 0.121 e. The lowest BCUT2D eigenvalue weighted by molar-refractivity contribution is 0.414. The van der Waals surface area contributed by atoms with Gasteiger partial charge in [-0.15, -0.1) is 0 Å². The standard InChI is InChI=1S/C14H19N3O/c1-10(16)12-5-6-17(9-12)14-7-13(18-2)4-3-11(14)8-15/h3-4,7,10,12H,5-6,9,16H2,1-2H3. The maximum atomic E-state index is 9.18. The molecule has 2 rings (SSSR count). The van der Waals surface area contributed by atoms with E-state index in [-0.39, 0.29) is 6.04 Å².